The molecule has 0 unspecified atom stereocenters. The lowest BCUT2D eigenvalue weighted by Gasteiger charge is -2.28. The number of carbonyl (C=O) groups excluding carboxylic acids is 1. The number of rotatable bonds is 5. The van der Waals surface area contributed by atoms with Crippen molar-refractivity contribution in [2.75, 3.05) is 0 Å². The highest BCUT2D eigenvalue weighted by Crippen LogP contribution is 2.20. The number of aryl methyl sites for hydroxylation is 3. The van der Waals surface area contributed by atoms with Gasteiger partial charge in [-0.25, -0.2) is 4.79 Å². The van der Waals surface area contributed by atoms with E-state index in [-0.39, 0.29) is 5.91 Å². The molecule has 0 saturated heterocycles. The molecule has 1 amide bonds. The van der Waals surface area contributed by atoms with Crippen LogP contribution in [-0.4, -0.2) is 22.5 Å². The fourth-order valence-electron chi connectivity index (χ4n) is 2.60. The van der Waals surface area contributed by atoms with E-state index in [4.69, 9.17) is 0 Å². The summed E-state index contributed by atoms with van der Waals surface area (Å²) in [4.78, 5) is 23.9. The minimum absolute atomic E-state index is 0.314. The Hall–Kier alpha value is -1.84. The summed E-state index contributed by atoms with van der Waals surface area (Å²) in [5.41, 5.74) is 2.20. The molecule has 20 heavy (non-hydrogen) atoms. The van der Waals surface area contributed by atoms with Crippen LogP contribution in [0, 0.1) is 20.8 Å². The molecule has 1 aromatic carbocycles. The summed E-state index contributed by atoms with van der Waals surface area (Å²) < 4.78 is 0. The van der Waals surface area contributed by atoms with Crippen molar-refractivity contribution in [2.24, 2.45) is 0 Å². The lowest BCUT2D eigenvalue weighted by atomic mass is 9.91. The summed E-state index contributed by atoms with van der Waals surface area (Å²) in [5.74, 6) is -1.30. The molecule has 0 bridgehead atoms. The van der Waals surface area contributed by atoms with Gasteiger partial charge in [0.05, 0.1) is 0 Å². The zero-order chi connectivity index (χ0) is 15.5. The van der Waals surface area contributed by atoms with Crippen LogP contribution in [0.1, 0.15) is 53.7 Å². The Kier molecular flexibility index (Phi) is 4.93. The summed E-state index contributed by atoms with van der Waals surface area (Å²) in [6.07, 6.45) is 0.711. The van der Waals surface area contributed by atoms with E-state index in [1.807, 2.05) is 32.9 Å². The summed E-state index contributed by atoms with van der Waals surface area (Å²) in [6.45, 7) is 9.26. The average molecular weight is 277 g/mol. The molecule has 0 radical (unpaired) electrons. The van der Waals surface area contributed by atoms with Crippen molar-refractivity contribution >= 4 is 11.9 Å². The van der Waals surface area contributed by atoms with Crippen molar-refractivity contribution in [3.05, 3.63) is 34.4 Å². The monoisotopic (exact) mass is 277 g/mol. The van der Waals surface area contributed by atoms with Crippen LogP contribution < -0.4 is 5.32 Å². The highest BCUT2D eigenvalue weighted by atomic mass is 16.4. The van der Waals surface area contributed by atoms with E-state index in [1.165, 1.54) is 0 Å². The lowest BCUT2D eigenvalue weighted by Crippen LogP contribution is -2.54. The van der Waals surface area contributed by atoms with Gasteiger partial charge >= 0.3 is 5.97 Å². The van der Waals surface area contributed by atoms with E-state index in [1.54, 1.807) is 13.8 Å². The van der Waals surface area contributed by atoms with Crippen LogP contribution in [0.25, 0.3) is 0 Å². The molecular formula is C16H23NO3. The highest BCUT2D eigenvalue weighted by Gasteiger charge is 2.37. The number of carboxylic acids is 1. The fraction of sp³-hybridized carbons (Fsp3) is 0.500. The van der Waals surface area contributed by atoms with Gasteiger partial charge in [-0.2, -0.15) is 0 Å². The first kappa shape index (κ1) is 16.2. The third-order valence-corrected chi connectivity index (χ3v) is 3.87. The molecule has 1 rings (SSSR count). The van der Waals surface area contributed by atoms with E-state index in [0.717, 1.165) is 16.7 Å². The van der Waals surface area contributed by atoms with Gasteiger partial charge in [0.1, 0.15) is 5.54 Å². The molecule has 0 spiro atoms. The van der Waals surface area contributed by atoms with Crippen molar-refractivity contribution in [3.8, 4) is 0 Å². The van der Waals surface area contributed by atoms with Gasteiger partial charge in [-0.1, -0.05) is 31.5 Å². The summed E-state index contributed by atoms with van der Waals surface area (Å²) in [5, 5.41) is 12.1. The third-order valence-electron chi connectivity index (χ3n) is 3.87. The maximum absolute atomic E-state index is 12.5. The second-order valence-electron chi connectivity index (χ2n) is 5.32. The maximum atomic E-state index is 12.5. The second kappa shape index (κ2) is 6.07. The van der Waals surface area contributed by atoms with Gasteiger partial charge < -0.3 is 10.4 Å². The van der Waals surface area contributed by atoms with Crippen molar-refractivity contribution in [2.45, 2.75) is 53.0 Å². The van der Waals surface area contributed by atoms with Crippen LogP contribution in [0.15, 0.2) is 12.1 Å². The standard InChI is InChI=1S/C16H23NO3/c1-6-16(7-2,15(19)20)17-14(18)13-11(4)8-10(3)9-12(13)5/h8-9H,6-7H2,1-5H3,(H,17,18)(H,19,20). The van der Waals surface area contributed by atoms with Gasteiger partial charge in [0.15, 0.2) is 0 Å². The first-order valence-corrected chi connectivity index (χ1v) is 6.91. The number of amides is 1. The van der Waals surface area contributed by atoms with E-state index in [0.29, 0.717) is 18.4 Å². The number of carbonyl (C=O) groups is 2. The van der Waals surface area contributed by atoms with Gasteiger partial charge in [-0.05, 0) is 44.7 Å². The molecule has 4 heteroatoms. The molecule has 0 saturated carbocycles. The predicted molar refractivity (Wildman–Crippen MR) is 79.1 cm³/mol. The molecule has 2 N–H and O–H groups in total. The second-order valence-corrected chi connectivity index (χ2v) is 5.32. The molecule has 0 fully saturated rings. The Bertz CT molecular complexity index is 508. The van der Waals surface area contributed by atoms with Gasteiger partial charge in [-0.3, -0.25) is 4.79 Å². The Balaban J connectivity index is 3.17. The normalized spacial score (nSPS) is 11.2. The number of aliphatic carboxylic acids is 1. The van der Waals surface area contributed by atoms with Crippen LogP contribution in [0.5, 0.6) is 0 Å². The van der Waals surface area contributed by atoms with Gasteiger partial charge in [0, 0.05) is 5.56 Å². The fourth-order valence-corrected chi connectivity index (χ4v) is 2.60. The molecule has 0 aromatic heterocycles. The SMILES string of the molecule is CCC(CC)(NC(=O)c1c(C)cc(C)cc1C)C(=O)O. The number of hydrogen-bond acceptors (Lipinski definition) is 2. The van der Waals surface area contributed by atoms with Gasteiger partial charge in [0.2, 0.25) is 0 Å². The largest absolute Gasteiger partial charge is 0.480 e. The van der Waals surface area contributed by atoms with Gasteiger partial charge in [-0.15, -0.1) is 0 Å². The zero-order valence-electron chi connectivity index (χ0n) is 12.8. The van der Waals surface area contributed by atoms with Crippen molar-refractivity contribution in [1.82, 2.24) is 5.32 Å². The molecule has 0 aliphatic carbocycles. The first-order chi connectivity index (χ1) is 9.27. The smallest absolute Gasteiger partial charge is 0.329 e. The van der Waals surface area contributed by atoms with Crippen molar-refractivity contribution in [3.63, 3.8) is 0 Å². The van der Waals surface area contributed by atoms with Crippen molar-refractivity contribution in [1.29, 1.82) is 0 Å². The van der Waals surface area contributed by atoms with E-state index in [9.17, 15) is 14.7 Å². The van der Waals surface area contributed by atoms with Crippen LogP contribution in [0.3, 0.4) is 0 Å². The van der Waals surface area contributed by atoms with Gasteiger partial charge in [0.25, 0.3) is 5.91 Å². The topological polar surface area (TPSA) is 66.4 Å². The Morgan fingerprint density at radius 2 is 1.55 bits per heavy atom. The Morgan fingerprint density at radius 1 is 1.10 bits per heavy atom. The van der Waals surface area contributed by atoms with Crippen molar-refractivity contribution < 1.29 is 14.7 Å². The zero-order valence-corrected chi connectivity index (χ0v) is 12.8. The highest BCUT2D eigenvalue weighted by molar-refractivity contribution is 6.00. The molecule has 0 aliphatic heterocycles. The Labute approximate surface area is 120 Å². The van der Waals surface area contributed by atoms with Crippen LogP contribution >= 0.6 is 0 Å². The number of benzene rings is 1. The van der Waals surface area contributed by atoms with E-state index < -0.39 is 11.5 Å². The summed E-state index contributed by atoms with van der Waals surface area (Å²) >= 11 is 0. The van der Waals surface area contributed by atoms with Crippen LogP contribution in [-0.2, 0) is 4.79 Å². The van der Waals surface area contributed by atoms with Crippen LogP contribution in [0.4, 0.5) is 0 Å². The average Bonchev–Trinajstić information content (AvgIpc) is 2.34. The third kappa shape index (κ3) is 3.00. The number of hydrogen-bond donors (Lipinski definition) is 2. The molecule has 4 nitrogen and oxygen atoms in total. The van der Waals surface area contributed by atoms with E-state index >= 15 is 0 Å². The summed E-state index contributed by atoms with van der Waals surface area (Å²) in [7, 11) is 0. The minimum Gasteiger partial charge on any atom is -0.480 e. The molecule has 0 aliphatic rings. The van der Waals surface area contributed by atoms with E-state index in [2.05, 4.69) is 5.32 Å². The molecular weight excluding hydrogens is 254 g/mol. The molecule has 0 atom stereocenters. The lowest BCUT2D eigenvalue weighted by molar-refractivity contribution is -0.144. The van der Waals surface area contributed by atoms with Crippen LogP contribution in [0.2, 0.25) is 0 Å². The molecule has 110 valence electrons. The number of nitrogens with one attached hydrogen (secondary N) is 1. The summed E-state index contributed by atoms with van der Waals surface area (Å²) in [6, 6.07) is 3.87. The Morgan fingerprint density at radius 3 is 1.90 bits per heavy atom. The maximum Gasteiger partial charge on any atom is 0.329 e. The number of carboxylic acid groups (broad SMARTS) is 1. The quantitative estimate of drug-likeness (QED) is 0.869. The first-order valence-electron chi connectivity index (χ1n) is 6.91. The minimum atomic E-state index is -1.19. The predicted octanol–water partition coefficient (Wildman–Crippen LogP) is 2.99. The molecule has 1 aromatic rings. The molecule has 0 heterocycles.